The lowest BCUT2D eigenvalue weighted by atomic mass is 10.1. The van der Waals surface area contributed by atoms with Crippen LogP contribution in [0.1, 0.15) is 18.9 Å². The molecule has 1 aromatic carbocycles. The van der Waals surface area contributed by atoms with Crippen LogP contribution in [-0.2, 0) is 16.3 Å². The van der Waals surface area contributed by atoms with Gasteiger partial charge in [0, 0.05) is 12.1 Å². The lowest BCUT2D eigenvalue weighted by Crippen LogP contribution is -2.38. The second kappa shape index (κ2) is 5.36. The highest BCUT2D eigenvalue weighted by Crippen LogP contribution is 2.13. The second-order valence-electron chi connectivity index (χ2n) is 5.00. The lowest BCUT2D eigenvalue weighted by Gasteiger charge is -2.18. The summed E-state index contributed by atoms with van der Waals surface area (Å²) in [6.45, 7) is 2.02. The van der Waals surface area contributed by atoms with Crippen molar-refractivity contribution in [2.75, 3.05) is 11.5 Å². The van der Waals surface area contributed by atoms with Crippen molar-refractivity contribution in [3.63, 3.8) is 0 Å². The van der Waals surface area contributed by atoms with E-state index in [0.717, 1.165) is 12.0 Å². The number of halogens is 1. The minimum Gasteiger partial charge on any atom is -0.310 e. The molecule has 2 atom stereocenters. The largest absolute Gasteiger partial charge is 0.310 e. The molecule has 0 radical (unpaired) electrons. The lowest BCUT2D eigenvalue weighted by molar-refractivity contribution is 0.469. The van der Waals surface area contributed by atoms with E-state index >= 15 is 0 Å². The first kappa shape index (κ1) is 13.5. The van der Waals surface area contributed by atoms with Gasteiger partial charge >= 0.3 is 0 Å². The summed E-state index contributed by atoms with van der Waals surface area (Å²) in [5.41, 5.74) is 1.05. The van der Waals surface area contributed by atoms with Crippen LogP contribution in [0.15, 0.2) is 24.3 Å². The van der Waals surface area contributed by atoms with Crippen molar-refractivity contribution in [3.05, 3.63) is 35.6 Å². The summed E-state index contributed by atoms with van der Waals surface area (Å²) >= 11 is 0. The fourth-order valence-electron chi connectivity index (χ4n) is 2.36. The van der Waals surface area contributed by atoms with Crippen LogP contribution in [0, 0.1) is 5.82 Å². The minimum atomic E-state index is -2.83. The van der Waals surface area contributed by atoms with Gasteiger partial charge in [0.2, 0.25) is 0 Å². The Morgan fingerprint density at radius 3 is 2.61 bits per heavy atom. The quantitative estimate of drug-likeness (QED) is 0.903. The van der Waals surface area contributed by atoms with Gasteiger partial charge in [0.15, 0.2) is 9.84 Å². The highest BCUT2D eigenvalue weighted by molar-refractivity contribution is 7.91. The molecule has 2 unspecified atom stereocenters. The molecular weight excluding hydrogens is 253 g/mol. The molecule has 1 aromatic rings. The van der Waals surface area contributed by atoms with Crippen LogP contribution >= 0.6 is 0 Å². The summed E-state index contributed by atoms with van der Waals surface area (Å²) in [7, 11) is -2.83. The van der Waals surface area contributed by atoms with Crippen molar-refractivity contribution >= 4 is 9.84 Å². The van der Waals surface area contributed by atoms with Crippen LogP contribution in [-0.4, -0.2) is 32.0 Å². The Hall–Kier alpha value is -0.940. The molecule has 0 amide bonds. The maximum atomic E-state index is 12.8. The molecule has 0 aliphatic carbocycles. The maximum absolute atomic E-state index is 12.8. The first-order valence-electron chi connectivity index (χ1n) is 6.15. The monoisotopic (exact) mass is 271 g/mol. The zero-order valence-electron chi connectivity index (χ0n) is 10.4. The third-order valence-electron chi connectivity index (χ3n) is 3.21. The van der Waals surface area contributed by atoms with Crippen molar-refractivity contribution in [2.45, 2.75) is 31.8 Å². The highest BCUT2D eigenvalue weighted by Gasteiger charge is 2.28. The molecule has 18 heavy (non-hydrogen) atoms. The molecule has 0 spiro atoms. The van der Waals surface area contributed by atoms with E-state index < -0.39 is 9.84 Å². The molecule has 1 aliphatic heterocycles. The molecule has 1 heterocycles. The standard InChI is InChI=1S/C13H18FNO2S/c1-10(8-11-2-4-12(14)5-3-11)15-13-6-7-18(16,17)9-13/h2-5,10,13,15H,6-9H2,1H3. The average Bonchev–Trinajstić information content (AvgIpc) is 2.61. The second-order valence-corrected chi connectivity index (χ2v) is 7.23. The Balaban J connectivity index is 1.86. The molecular formula is C13H18FNO2S. The third-order valence-corrected chi connectivity index (χ3v) is 4.98. The van der Waals surface area contributed by atoms with E-state index in [0.29, 0.717) is 6.42 Å². The zero-order chi connectivity index (χ0) is 13.2. The number of sulfone groups is 1. The highest BCUT2D eigenvalue weighted by atomic mass is 32.2. The van der Waals surface area contributed by atoms with Crippen LogP contribution in [0.25, 0.3) is 0 Å². The third kappa shape index (κ3) is 3.78. The number of rotatable bonds is 4. The van der Waals surface area contributed by atoms with E-state index in [2.05, 4.69) is 5.32 Å². The Labute approximate surface area is 107 Å². The Bertz CT molecular complexity index is 498. The fraction of sp³-hybridized carbons (Fsp3) is 0.538. The molecule has 0 bridgehead atoms. The van der Waals surface area contributed by atoms with Crippen molar-refractivity contribution in [3.8, 4) is 0 Å². The summed E-state index contributed by atoms with van der Waals surface area (Å²) in [6.07, 6.45) is 1.47. The topological polar surface area (TPSA) is 46.2 Å². The van der Waals surface area contributed by atoms with E-state index in [1.54, 1.807) is 12.1 Å². The molecule has 2 rings (SSSR count). The van der Waals surface area contributed by atoms with Crippen LogP contribution in [0.3, 0.4) is 0 Å². The van der Waals surface area contributed by atoms with Gasteiger partial charge in [-0.15, -0.1) is 0 Å². The van der Waals surface area contributed by atoms with Crippen molar-refractivity contribution in [1.82, 2.24) is 5.32 Å². The smallest absolute Gasteiger partial charge is 0.151 e. The van der Waals surface area contributed by atoms with E-state index in [9.17, 15) is 12.8 Å². The van der Waals surface area contributed by atoms with Gasteiger partial charge in [0.1, 0.15) is 5.82 Å². The van der Waals surface area contributed by atoms with Gasteiger partial charge in [-0.2, -0.15) is 0 Å². The molecule has 100 valence electrons. The van der Waals surface area contributed by atoms with E-state index in [1.165, 1.54) is 12.1 Å². The number of benzene rings is 1. The molecule has 1 aliphatic rings. The average molecular weight is 271 g/mol. The van der Waals surface area contributed by atoms with Gasteiger partial charge in [-0.25, -0.2) is 12.8 Å². The Kier molecular flexibility index (Phi) is 4.02. The molecule has 0 aromatic heterocycles. The molecule has 1 fully saturated rings. The predicted octanol–water partition coefficient (Wildman–Crippen LogP) is 1.53. The van der Waals surface area contributed by atoms with Crippen LogP contribution < -0.4 is 5.32 Å². The Morgan fingerprint density at radius 2 is 2.06 bits per heavy atom. The van der Waals surface area contributed by atoms with Crippen LogP contribution in [0.4, 0.5) is 4.39 Å². The first-order chi connectivity index (χ1) is 8.44. The van der Waals surface area contributed by atoms with Gasteiger partial charge in [0.05, 0.1) is 11.5 Å². The van der Waals surface area contributed by atoms with Crippen LogP contribution in [0.5, 0.6) is 0 Å². The van der Waals surface area contributed by atoms with E-state index in [4.69, 9.17) is 0 Å². The minimum absolute atomic E-state index is 0.0606. The van der Waals surface area contributed by atoms with E-state index in [1.807, 2.05) is 6.92 Å². The summed E-state index contributed by atoms with van der Waals surface area (Å²) in [6, 6.07) is 6.67. The van der Waals surface area contributed by atoms with Gasteiger partial charge < -0.3 is 5.32 Å². The maximum Gasteiger partial charge on any atom is 0.151 e. The van der Waals surface area contributed by atoms with Crippen molar-refractivity contribution in [1.29, 1.82) is 0 Å². The first-order valence-corrected chi connectivity index (χ1v) is 7.98. The summed E-state index contributed by atoms with van der Waals surface area (Å²) in [4.78, 5) is 0. The number of hydrogen-bond acceptors (Lipinski definition) is 3. The van der Waals surface area contributed by atoms with Gasteiger partial charge in [-0.3, -0.25) is 0 Å². The molecule has 3 nitrogen and oxygen atoms in total. The summed E-state index contributed by atoms with van der Waals surface area (Å²) < 4.78 is 35.4. The van der Waals surface area contributed by atoms with Crippen molar-refractivity contribution < 1.29 is 12.8 Å². The van der Waals surface area contributed by atoms with Gasteiger partial charge in [-0.05, 0) is 37.5 Å². The molecule has 5 heteroatoms. The Morgan fingerprint density at radius 1 is 1.39 bits per heavy atom. The SMILES string of the molecule is CC(Cc1ccc(F)cc1)NC1CCS(=O)(=O)C1. The normalized spacial score (nSPS) is 24.0. The predicted molar refractivity (Wildman–Crippen MR) is 69.8 cm³/mol. The summed E-state index contributed by atoms with van der Waals surface area (Å²) in [5.74, 6) is 0.288. The zero-order valence-corrected chi connectivity index (χ0v) is 11.2. The van der Waals surface area contributed by atoms with Crippen LogP contribution in [0.2, 0.25) is 0 Å². The molecule has 0 saturated carbocycles. The van der Waals surface area contributed by atoms with E-state index in [-0.39, 0.29) is 29.4 Å². The summed E-state index contributed by atoms with van der Waals surface area (Å²) in [5, 5.41) is 3.32. The number of hydrogen-bond donors (Lipinski definition) is 1. The fourth-order valence-corrected chi connectivity index (χ4v) is 4.05. The van der Waals surface area contributed by atoms with Crippen molar-refractivity contribution in [2.24, 2.45) is 0 Å². The molecule has 1 N–H and O–H groups in total. The number of nitrogens with one attached hydrogen (secondary N) is 1. The molecule has 1 saturated heterocycles. The van der Waals surface area contributed by atoms with Gasteiger partial charge in [0.25, 0.3) is 0 Å². The van der Waals surface area contributed by atoms with Gasteiger partial charge in [-0.1, -0.05) is 12.1 Å².